The molecule has 0 aromatic carbocycles. The molecule has 1 heterocycles. The number of aryl methyl sites for hydroxylation is 2. The Morgan fingerprint density at radius 2 is 1.94 bits per heavy atom. The van der Waals surface area contributed by atoms with Crippen molar-refractivity contribution in [3.05, 3.63) is 11.7 Å². The largest absolute Gasteiger partial charge is 0.357 e. The minimum Gasteiger partial charge on any atom is -0.357 e. The Morgan fingerprint density at radius 3 is 2.44 bits per heavy atom. The van der Waals surface area contributed by atoms with Crippen LogP contribution < -0.4 is 10.6 Å². The molecule has 0 aliphatic carbocycles. The average molecular weight is 367 g/mol. The number of aliphatic imine (C=N–C) groups is 1. The van der Waals surface area contributed by atoms with Crippen LogP contribution in [0.3, 0.4) is 0 Å². The van der Waals surface area contributed by atoms with E-state index >= 15 is 0 Å². The van der Waals surface area contributed by atoms with E-state index in [1.807, 2.05) is 20.8 Å². The highest BCUT2D eigenvalue weighted by Crippen LogP contribution is 1.99. The summed E-state index contributed by atoms with van der Waals surface area (Å²) in [6.45, 7) is 8.40. The summed E-state index contributed by atoms with van der Waals surface area (Å²) in [6, 6.07) is 0. The molecule has 0 radical (unpaired) electrons. The molecule has 0 unspecified atom stereocenters. The van der Waals surface area contributed by atoms with Crippen molar-refractivity contribution in [1.29, 1.82) is 0 Å². The van der Waals surface area contributed by atoms with Crippen LogP contribution in [0.1, 0.15) is 32.0 Å². The van der Waals surface area contributed by atoms with Gasteiger partial charge >= 0.3 is 0 Å². The highest BCUT2D eigenvalue weighted by Gasteiger charge is 2.01. The van der Waals surface area contributed by atoms with Gasteiger partial charge in [-0.2, -0.15) is 4.98 Å². The third kappa shape index (κ3) is 6.77. The van der Waals surface area contributed by atoms with Gasteiger partial charge < -0.3 is 15.2 Å². The van der Waals surface area contributed by atoms with Gasteiger partial charge in [-0.3, -0.25) is 4.99 Å². The highest BCUT2D eigenvalue weighted by molar-refractivity contribution is 14.0. The second kappa shape index (κ2) is 10.1. The molecule has 7 heteroatoms. The number of nitrogens with zero attached hydrogens (tertiary/aromatic N) is 3. The summed E-state index contributed by atoms with van der Waals surface area (Å²) in [7, 11) is 0. The maximum absolute atomic E-state index is 5.03. The molecule has 0 aliphatic heterocycles. The Labute approximate surface area is 125 Å². The number of halogens is 1. The first-order valence-corrected chi connectivity index (χ1v) is 6.07. The molecule has 1 aromatic rings. The third-order valence-corrected chi connectivity index (χ3v) is 2.08. The van der Waals surface area contributed by atoms with Gasteiger partial charge in [0.05, 0.1) is 0 Å². The monoisotopic (exact) mass is 367 g/mol. The summed E-state index contributed by atoms with van der Waals surface area (Å²) in [6.07, 6.45) is 1.68. The van der Waals surface area contributed by atoms with Crippen molar-refractivity contribution in [3.8, 4) is 0 Å². The van der Waals surface area contributed by atoms with Gasteiger partial charge in [0.2, 0.25) is 5.89 Å². The van der Waals surface area contributed by atoms with E-state index < -0.39 is 0 Å². The van der Waals surface area contributed by atoms with Crippen molar-refractivity contribution >= 4 is 29.9 Å². The number of rotatable bonds is 6. The number of nitrogens with one attached hydrogen (secondary N) is 2. The van der Waals surface area contributed by atoms with Crippen LogP contribution in [0.15, 0.2) is 9.52 Å². The van der Waals surface area contributed by atoms with Gasteiger partial charge in [0, 0.05) is 26.1 Å². The van der Waals surface area contributed by atoms with Crippen LogP contribution >= 0.6 is 24.0 Å². The molecular weight excluding hydrogens is 345 g/mol. The fraction of sp³-hybridized carbons (Fsp3) is 0.727. The molecule has 1 rings (SSSR count). The van der Waals surface area contributed by atoms with E-state index in [9.17, 15) is 0 Å². The maximum atomic E-state index is 5.03. The van der Waals surface area contributed by atoms with Crippen LogP contribution in [0.25, 0.3) is 0 Å². The molecule has 0 bridgehead atoms. The molecule has 2 N–H and O–H groups in total. The van der Waals surface area contributed by atoms with Gasteiger partial charge in [-0.25, -0.2) is 0 Å². The first kappa shape index (κ1) is 17.1. The van der Waals surface area contributed by atoms with Crippen molar-refractivity contribution in [3.63, 3.8) is 0 Å². The lowest BCUT2D eigenvalue weighted by Gasteiger charge is -2.08. The SMILES string of the molecule is CCNC(=NCCCc1nc(C)no1)NCC.I. The van der Waals surface area contributed by atoms with Gasteiger partial charge in [-0.1, -0.05) is 5.16 Å². The lowest BCUT2D eigenvalue weighted by molar-refractivity contribution is 0.372. The lowest BCUT2D eigenvalue weighted by atomic mass is 10.3. The lowest BCUT2D eigenvalue weighted by Crippen LogP contribution is -2.37. The number of hydrogen-bond acceptors (Lipinski definition) is 4. The molecule has 0 amide bonds. The van der Waals surface area contributed by atoms with Crippen LogP contribution in [-0.4, -0.2) is 35.7 Å². The molecular formula is C11H22IN5O. The Bertz CT molecular complexity index is 345. The Kier molecular flexibility index (Phi) is 9.62. The van der Waals surface area contributed by atoms with E-state index in [1.54, 1.807) is 0 Å². The first-order valence-electron chi connectivity index (χ1n) is 6.07. The van der Waals surface area contributed by atoms with Crippen molar-refractivity contribution in [2.75, 3.05) is 19.6 Å². The Morgan fingerprint density at radius 1 is 1.28 bits per heavy atom. The zero-order valence-corrected chi connectivity index (χ0v) is 13.5. The van der Waals surface area contributed by atoms with Gasteiger partial charge in [0.15, 0.2) is 11.8 Å². The summed E-state index contributed by atoms with van der Waals surface area (Å²) in [5.74, 6) is 2.23. The van der Waals surface area contributed by atoms with E-state index in [2.05, 4.69) is 25.8 Å². The zero-order chi connectivity index (χ0) is 12.5. The minimum atomic E-state index is 0. The van der Waals surface area contributed by atoms with E-state index in [4.69, 9.17) is 4.52 Å². The summed E-state index contributed by atoms with van der Waals surface area (Å²) in [4.78, 5) is 8.57. The Balaban J connectivity index is 0.00000289. The van der Waals surface area contributed by atoms with E-state index in [0.717, 1.165) is 38.4 Å². The molecule has 104 valence electrons. The van der Waals surface area contributed by atoms with E-state index in [0.29, 0.717) is 11.7 Å². The van der Waals surface area contributed by atoms with Gasteiger partial charge in [-0.05, 0) is 27.2 Å². The average Bonchev–Trinajstić information content (AvgIpc) is 2.71. The molecule has 0 saturated carbocycles. The predicted molar refractivity (Wildman–Crippen MR) is 82.4 cm³/mol. The van der Waals surface area contributed by atoms with Crippen molar-refractivity contribution < 1.29 is 4.52 Å². The second-order valence-electron chi connectivity index (χ2n) is 3.63. The molecule has 0 saturated heterocycles. The van der Waals surface area contributed by atoms with Crippen molar-refractivity contribution in [1.82, 2.24) is 20.8 Å². The van der Waals surface area contributed by atoms with Crippen molar-refractivity contribution in [2.45, 2.75) is 33.6 Å². The quantitative estimate of drug-likeness (QED) is 0.345. The summed E-state index contributed by atoms with van der Waals surface area (Å²) in [5.41, 5.74) is 0. The molecule has 0 aliphatic rings. The molecule has 6 nitrogen and oxygen atoms in total. The van der Waals surface area contributed by atoms with Crippen LogP contribution in [0.5, 0.6) is 0 Å². The zero-order valence-electron chi connectivity index (χ0n) is 11.2. The number of guanidine groups is 1. The summed E-state index contributed by atoms with van der Waals surface area (Å²) < 4.78 is 5.03. The van der Waals surface area contributed by atoms with Crippen molar-refractivity contribution in [2.24, 2.45) is 4.99 Å². The van der Waals surface area contributed by atoms with Gasteiger partial charge in [-0.15, -0.1) is 24.0 Å². The maximum Gasteiger partial charge on any atom is 0.226 e. The van der Waals surface area contributed by atoms with E-state index in [1.165, 1.54) is 0 Å². The van der Waals surface area contributed by atoms with Crippen LogP contribution in [0, 0.1) is 6.92 Å². The summed E-state index contributed by atoms with van der Waals surface area (Å²) >= 11 is 0. The van der Waals surface area contributed by atoms with Gasteiger partial charge in [0.1, 0.15) is 0 Å². The predicted octanol–water partition coefficient (Wildman–Crippen LogP) is 1.50. The fourth-order valence-electron chi connectivity index (χ4n) is 1.37. The molecule has 0 atom stereocenters. The molecule has 18 heavy (non-hydrogen) atoms. The Hall–Kier alpha value is -0.860. The molecule has 0 spiro atoms. The van der Waals surface area contributed by atoms with E-state index in [-0.39, 0.29) is 24.0 Å². The second-order valence-corrected chi connectivity index (χ2v) is 3.63. The fourth-order valence-corrected chi connectivity index (χ4v) is 1.37. The normalized spacial score (nSPS) is 9.50. The smallest absolute Gasteiger partial charge is 0.226 e. The topological polar surface area (TPSA) is 75.3 Å². The van der Waals surface area contributed by atoms with Crippen LogP contribution in [-0.2, 0) is 6.42 Å². The van der Waals surface area contributed by atoms with Crippen LogP contribution in [0.4, 0.5) is 0 Å². The number of aromatic nitrogens is 2. The number of hydrogen-bond donors (Lipinski definition) is 2. The highest BCUT2D eigenvalue weighted by atomic mass is 127. The standard InChI is InChI=1S/C11H21N5O.HI/c1-4-12-11(13-5-2)14-8-6-7-10-15-9(3)16-17-10;/h4-8H2,1-3H3,(H2,12,13,14);1H. The van der Waals surface area contributed by atoms with Gasteiger partial charge in [0.25, 0.3) is 0 Å². The summed E-state index contributed by atoms with van der Waals surface area (Å²) in [5, 5.41) is 10.1. The third-order valence-electron chi connectivity index (χ3n) is 2.08. The van der Waals surface area contributed by atoms with Crippen LogP contribution in [0.2, 0.25) is 0 Å². The molecule has 1 aromatic heterocycles. The molecule has 0 fully saturated rings. The minimum absolute atomic E-state index is 0. The first-order chi connectivity index (χ1) is 8.26.